The molecule has 0 saturated carbocycles. The molecule has 31 heavy (non-hydrogen) atoms. The smallest absolute Gasteiger partial charge is 0.236 e. The molecule has 4 aromatic heterocycles. The van der Waals surface area contributed by atoms with Gasteiger partial charge in [-0.15, -0.1) is 21.5 Å². The maximum absolute atomic E-state index is 5.65. The summed E-state index contributed by atoms with van der Waals surface area (Å²) in [6.45, 7) is 4.23. The largest absolute Gasteiger partial charge is 0.444 e. The van der Waals surface area contributed by atoms with E-state index >= 15 is 0 Å². The van der Waals surface area contributed by atoms with Gasteiger partial charge in [0.1, 0.15) is 6.26 Å². The van der Waals surface area contributed by atoms with Crippen LogP contribution < -0.4 is 0 Å². The zero-order chi connectivity index (χ0) is 21.2. The molecule has 0 amide bonds. The average Bonchev–Trinajstić information content (AvgIpc) is 3.55. The van der Waals surface area contributed by atoms with Gasteiger partial charge in [0.05, 0.1) is 16.3 Å². The molecule has 0 aliphatic rings. The number of oxazole rings is 1. The highest BCUT2D eigenvalue weighted by Gasteiger charge is 2.17. The van der Waals surface area contributed by atoms with Gasteiger partial charge in [0.15, 0.2) is 11.0 Å². The van der Waals surface area contributed by atoms with Gasteiger partial charge in [-0.2, -0.15) is 0 Å². The predicted molar refractivity (Wildman–Crippen MR) is 123 cm³/mol. The SMILES string of the molecule is Cc1ccc(-n2c(SCc3coc(-c4cccs4)n3)nnc2-c2ccncc2)cc1C. The number of hydrogen-bond acceptors (Lipinski definition) is 7. The molecule has 0 bridgehead atoms. The number of thioether (sulfide) groups is 1. The van der Waals surface area contributed by atoms with Crippen molar-refractivity contribution in [3.8, 4) is 27.8 Å². The summed E-state index contributed by atoms with van der Waals surface area (Å²) in [7, 11) is 0. The molecule has 0 unspecified atom stereocenters. The van der Waals surface area contributed by atoms with Crippen LogP contribution in [0.4, 0.5) is 0 Å². The van der Waals surface area contributed by atoms with E-state index in [9.17, 15) is 0 Å². The van der Waals surface area contributed by atoms with E-state index < -0.39 is 0 Å². The summed E-state index contributed by atoms with van der Waals surface area (Å²) in [6, 6.07) is 14.3. The number of aryl methyl sites for hydroxylation is 2. The van der Waals surface area contributed by atoms with Gasteiger partial charge in [-0.05, 0) is 60.7 Å². The lowest BCUT2D eigenvalue weighted by Crippen LogP contribution is -2.01. The van der Waals surface area contributed by atoms with Crippen molar-refractivity contribution in [2.75, 3.05) is 0 Å². The van der Waals surface area contributed by atoms with Crippen LogP contribution in [-0.2, 0) is 5.75 Å². The lowest BCUT2D eigenvalue weighted by atomic mass is 10.1. The van der Waals surface area contributed by atoms with Crippen LogP contribution in [0.5, 0.6) is 0 Å². The van der Waals surface area contributed by atoms with E-state index in [1.165, 1.54) is 11.1 Å². The lowest BCUT2D eigenvalue weighted by Gasteiger charge is -2.12. The molecule has 0 aliphatic heterocycles. The van der Waals surface area contributed by atoms with Crippen molar-refractivity contribution in [2.24, 2.45) is 0 Å². The third-order valence-corrected chi connectivity index (χ3v) is 6.77. The van der Waals surface area contributed by atoms with E-state index in [4.69, 9.17) is 4.42 Å². The fourth-order valence-electron chi connectivity index (χ4n) is 3.17. The van der Waals surface area contributed by atoms with Crippen LogP contribution in [0.2, 0.25) is 0 Å². The minimum atomic E-state index is 0.633. The van der Waals surface area contributed by atoms with Gasteiger partial charge in [-0.25, -0.2) is 4.98 Å². The van der Waals surface area contributed by atoms with Crippen LogP contribution in [0.25, 0.3) is 27.8 Å². The summed E-state index contributed by atoms with van der Waals surface area (Å²) in [5.74, 6) is 2.07. The Balaban J connectivity index is 1.48. The molecule has 0 radical (unpaired) electrons. The van der Waals surface area contributed by atoms with Crippen LogP contribution >= 0.6 is 23.1 Å². The number of rotatable bonds is 6. The molecule has 4 heterocycles. The molecule has 1 aromatic carbocycles. The summed E-state index contributed by atoms with van der Waals surface area (Å²) < 4.78 is 7.74. The van der Waals surface area contributed by atoms with E-state index in [2.05, 4.69) is 56.8 Å². The molecule has 5 aromatic rings. The standard InChI is InChI=1S/C23H19N5OS2/c1-15-5-6-19(12-16(15)2)28-21(17-7-9-24-10-8-17)26-27-23(28)31-14-18-13-29-22(25-18)20-4-3-11-30-20/h3-13H,14H2,1-2H3. The second-order valence-corrected chi connectivity index (χ2v) is 8.95. The van der Waals surface area contributed by atoms with Gasteiger partial charge in [0.25, 0.3) is 0 Å². The summed E-state index contributed by atoms with van der Waals surface area (Å²) in [5.41, 5.74) is 5.34. The highest BCUT2D eigenvalue weighted by atomic mass is 32.2. The third kappa shape index (κ3) is 4.04. The van der Waals surface area contributed by atoms with E-state index in [1.54, 1.807) is 41.8 Å². The average molecular weight is 446 g/mol. The molecule has 0 atom stereocenters. The quantitative estimate of drug-likeness (QED) is 0.301. The number of thiophene rings is 1. The first-order valence-electron chi connectivity index (χ1n) is 9.73. The Hall–Kier alpha value is -3.23. The summed E-state index contributed by atoms with van der Waals surface area (Å²) in [5, 5.41) is 11.8. The molecule has 0 saturated heterocycles. The van der Waals surface area contributed by atoms with E-state index in [0.29, 0.717) is 11.6 Å². The number of hydrogen-bond donors (Lipinski definition) is 0. The Kier molecular flexibility index (Phi) is 5.40. The zero-order valence-corrected chi connectivity index (χ0v) is 18.7. The first kappa shape index (κ1) is 19.7. The van der Waals surface area contributed by atoms with Gasteiger partial charge in [0, 0.05) is 23.7 Å². The van der Waals surface area contributed by atoms with Crippen LogP contribution in [0.15, 0.2) is 76.1 Å². The van der Waals surface area contributed by atoms with Gasteiger partial charge < -0.3 is 4.42 Å². The number of pyridine rings is 1. The Labute approximate surface area is 188 Å². The highest BCUT2D eigenvalue weighted by molar-refractivity contribution is 7.98. The van der Waals surface area contributed by atoms with Crippen molar-refractivity contribution in [1.82, 2.24) is 24.7 Å². The molecular formula is C23H19N5OS2. The molecular weight excluding hydrogens is 426 g/mol. The molecule has 6 nitrogen and oxygen atoms in total. The Morgan fingerprint density at radius 2 is 1.90 bits per heavy atom. The summed E-state index contributed by atoms with van der Waals surface area (Å²) >= 11 is 3.20. The molecule has 5 rings (SSSR count). The second-order valence-electron chi connectivity index (χ2n) is 7.06. The number of aromatic nitrogens is 5. The zero-order valence-electron chi connectivity index (χ0n) is 17.0. The Bertz CT molecular complexity index is 1310. The molecule has 0 spiro atoms. The first-order chi connectivity index (χ1) is 15.2. The van der Waals surface area contributed by atoms with E-state index in [1.807, 2.05) is 29.6 Å². The van der Waals surface area contributed by atoms with Crippen LogP contribution in [-0.4, -0.2) is 24.7 Å². The number of benzene rings is 1. The third-order valence-electron chi connectivity index (χ3n) is 4.95. The van der Waals surface area contributed by atoms with Gasteiger partial charge in [0.2, 0.25) is 5.89 Å². The first-order valence-corrected chi connectivity index (χ1v) is 11.6. The monoisotopic (exact) mass is 445 g/mol. The van der Waals surface area contributed by atoms with E-state index in [0.717, 1.165) is 32.8 Å². The molecule has 0 fully saturated rings. The van der Waals surface area contributed by atoms with Gasteiger partial charge in [-0.1, -0.05) is 23.9 Å². The minimum Gasteiger partial charge on any atom is -0.444 e. The van der Waals surface area contributed by atoms with Crippen molar-refractivity contribution < 1.29 is 4.42 Å². The van der Waals surface area contributed by atoms with Crippen molar-refractivity contribution in [3.05, 3.63) is 83.3 Å². The predicted octanol–water partition coefficient (Wildman–Crippen LogP) is 5.95. The number of nitrogens with zero attached hydrogens (tertiary/aromatic N) is 5. The van der Waals surface area contributed by atoms with Crippen molar-refractivity contribution >= 4 is 23.1 Å². The molecule has 154 valence electrons. The normalized spacial score (nSPS) is 11.2. The maximum atomic E-state index is 5.65. The van der Waals surface area contributed by atoms with Crippen molar-refractivity contribution in [1.29, 1.82) is 0 Å². The maximum Gasteiger partial charge on any atom is 0.236 e. The molecule has 8 heteroatoms. The Morgan fingerprint density at radius 1 is 1.03 bits per heavy atom. The van der Waals surface area contributed by atoms with Crippen molar-refractivity contribution in [3.63, 3.8) is 0 Å². The van der Waals surface area contributed by atoms with Crippen LogP contribution in [0, 0.1) is 13.8 Å². The topological polar surface area (TPSA) is 69.6 Å². The fourth-order valence-corrected chi connectivity index (χ4v) is 4.66. The van der Waals surface area contributed by atoms with Crippen LogP contribution in [0.1, 0.15) is 16.8 Å². The Morgan fingerprint density at radius 3 is 2.68 bits per heavy atom. The summed E-state index contributed by atoms with van der Waals surface area (Å²) in [6.07, 6.45) is 5.24. The highest BCUT2D eigenvalue weighted by Crippen LogP contribution is 2.31. The van der Waals surface area contributed by atoms with Gasteiger partial charge in [-0.3, -0.25) is 9.55 Å². The molecule has 0 N–H and O–H groups in total. The van der Waals surface area contributed by atoms with E-state index in [-0.39, 0.29) is 0 Å². The lowest BCUT2D eigenvalue weighted by molar-refractivity contribution is 0.575. The fraction of sp³-hybridized carbons (Fsp3) is 0.130. The van der Waals surface area contributed by atoms with Crippen molar-refractivity contribution in [2.45, 2.75) is 24.8 Å². The van der Waals surface area contributed by atoms with Crippen LogP contribution in [0.3, 0.4) is 0 Å². The second kappa shape index (κ2) is 8.49. The summed E-state index contributed by atoms with van der Waals surface area (Å²) in [4.78, 5) is 9.77. The van der Waals surface area contributed by atoms with Gasteiger partial charge >= 0.3 is 0 Å². The molecule has 0 aliphatic carbocycles. The minimum absolute atomic E-state index is 0.633.